The number of ether oxygens (including phenoxy) is 1. The van der Waals surface area contributed by atoms with Crippen LogP contribution in [0.1, 0.15) is 5.56 Å². The molecule has 0 aliphatic carbocycles. The largest absolute Gasteiger partial charge is 0.396 e. The van der Waals surface area contributed by atoms with Gasteiger partial charge in [-0.3, -0.25) is 9.67 Å². The van der Waals surface area contributed by atoms with Crippen LogP contribution in [-0.4, -0.2) is 33.5 Å². The fourth-order valence-electron chi connectivity index (χ4n) is 3.00. The molecular formula is C21H22N6O. The van der Waals surface area contributed by atoms with Gasteiger partial charge in [0.2, 0.25) is 0 Å². The van der Waals surface area contributed by atoms with Crippen LogP contribution in [0.3, 0.4) is 0 Å². The van der Waals surface area contributed by atoms with Crippen molar-refractivity contribution in [3.05, 3.63) is 66.6 Å². The van der Waals surface area contributed by atoms with Crippen LogP contribution in [0.2, 0.25) is 0 Å². The third kappa shape index (κ3) is 3.94. The summed E-state index contributed by atoms with van der Waals surface area (Å²) >= 11 is 0. The number of benzene rings is 1. The molecule has 28 heavy (non-hydrogen) atoms. The molecule has 3 aromatic heterocycles. The SMILES string of the molecule is COCCn1cc(-c2ccc(N)c(NCc3ccc4ncccc4c3)n2)cn1. The molecule has 7 heteroatoms. The van der Waals surface area contributed by atoms with E-state index in [9.17, 15) is 0 Å². The van der Waals surface area contributed by atoms with Crippen LogP contribution in [0.5, 0.6) is 0 Å². The van der Waals surface area contributed by atoms with Crippen LogP contribution in [0.4, 0.5) is 11.5 Å². The third-order valence-electron chi connectivity index (χ3n) is 4.51. The van der Waals surface area contributed by atoms with Crippen molar-refractivity contribution >= 4 is 22.4 Å². The normalized spacial score (nSPS) is 11.0. The summed E-state index contributed by atoms with van der Waals surface area (Å²) in [5.74, 6) is 0.661. The van der Waals surface area contributed by atoms with E-state index in [1.54, 1.807) is 19.5 Å². The maximum Gasteiger partial charge on any atom is 0.150 e. The summed E-state index contributed by atoms with van der Waals surface area (Å²) in [6.07, 6.45) is 5.56. The zero-order chi connectivity index (χ0) is 19.3. The second kappa shape index (κ2) is 8.06. The zero-order valence-corrected chi connectivity index (χ0v) is 15.7. The van der Waals surface area contributed by atoms with E-state index < -0.39 is 0 Å². The first-order valence-corrected chi connectivity index (χ1v) is 9.09. The number of nitrogen functional groups attached to an aromatic ring is 1. The van der Waals surface area contributed by atoms with E-state index in [0.717, 1.165) is 27.7 Å². The number of aromatic nitrogens is 4. The molecule has 0 aliphatic rings. The number of nitrogens with zero attached hydrogens (tertiary/aromatic N) is 4. The molecule has 4 aromatic rings. The standard InChI is InChI=1S/C21H22N6O/c1-28-10-9-27-14-17(13-25-27)20-7-5-18(22)21(26-20)24-12-15-4-6-19-16(11-15)3-2-8-23-19/h2-8,11,13-14H,9-10,12,22H2,1H3,(H,24,26). The van der Waals surface area contributed by atoms with Gasteiger partial charge in [0, 0.05) is 37.0 Å². The molecule has 142 valence electrons. The van der Waals surface area contributed by atoms with Gasteiger partial charge in [-0.05, 0) is 35.9 Å². The minimum atomic E-state index is 0.609. The van der Waals surface area contributed by atoms with Crippen molar-refractivity contribution in [2.24, 2.45) is 0 Å². The lowest BCUT2D eigenvalue weighted by molar-refractivity contribution is 0.183. The topological polar surface area (TPSA) is 90.9 Å². The maximum atomic E-state index is 6.12. The Morgan fingerprint density at radius 3 is 3.00 bits per heavy atom. The van der Waals surface area contributed by atoms with Crippen LogP contribution in [-0.2, 0) is 17.8 Å². The van der Waals surface area contributed by atoms with E-state index in [2.05, 4.69) is 38.6 Å². The molecule has 3 heterocycles. The van der Waals surface area contributed by atoms with Gasteiger partial charge in [-0.15, -0.1) is 0 Å². The first-order chi connectivity index (χ1) is 13.7. The van der Waals surface area contributed by atoms with E-state index in [-0.39, 0.29) is 0 Å². The Kier molecular flexibility index (Phi) is 5.16. The maximum absolute atomic E-state index is 6.12. The summed E-state index contributed by atoms with van der Waals surface area (Å²) in [7, 11) is 1.68. The van der Waals surface area contributed by atoms with Gasteiger partial charge in [0.15, 0.2) is 0 Å². The number of hydrogen-bond acceptors (Lipinski definition) is 6. The average Bonchev–Trinajstić information content (AvgIpc) is 3.20. The Morgan fingerprint density at radius 2 is 2.11 bits per heavy atom. The quantitative estimate of drug-likeness (QED) is 0.516. The molecule has 0 atom stereocenters. The van der Waals surface area contributed by atoms with Crippen molar-refractivity contribution in [3.8, 4) is 11.3 Å². The molecule has 0 spiro atoms. The molecule has 0 amide bonds. The van der Waals surface area contributed by atoms with Crippen molar-refractivity contribution in [3.63, 3.8) is 0 Å². The van der Waals surface area contributed by atoms with E-state index in [1.807, 2.05) is 35.1 Å². The Hall–Kier alpha value is -3.45. The summed E-state index contributed by atoms with van der Waals surface area (Å²) in [5.41, 5.74) is 10.6. The first kappa shape index (κ1) is 17.9. The van der Waals surface area contributed by atoms with Crippen molar-refractivity contribution in [2.45, 2.75) is 13.1 Å². The molecule has 0 radical (unpaired) electrons. The molecule has 0 saturated heterocycles. The van der Waals surface area contributed by atoms with Crippen LogP contribution < -0.4 is 11.1 Å². The lowest BCUT2D eigenvalue weighted by atomic mass is 10.1. The van der Waals surface area contributed by atoms with Crippen molar-refractivity contribution in [2.75, 3.05) is 24.8 Å². The minimum Gasteiger partial charge on any atom is -0.396 e. The van der Waals surface area contributed by atoms with Gasteiger partial charge in [0.05, 0.1) is 36.2 Å². The number of anilines is 2. The number of hydrogen-bond donors (Lipinski definition) is 2. The zero-order valence-electron chi connectivity index (χ0n) is 15.7. The highest BCUT2D eigenvalue weighted by Crippen LogP contribution is 2.24. The van der Waals surface area contributed by atoms with Crippen LogP contribution in [0.15, 0.2) is 61.1 Å². The smallest absolute Gasteiger partial charge is 0.150 e. The molecular weight excluding hydrogens is 352 g/mol. The Labute approximate surface area is 163 Å². The number of nitrogens with one attached hydrogen (secondary N) is 1. The van der Waals surface area contributed by atoms with Crippen molar-refractivity contribution in [1.29, 1.82) is 0 Å². The van der Waals surface area contributed by atoms with Crippen molar-refractivity contribution in [1.82, 2.24) is 19.7 Å². The Balaban J connectivity index is 1.51. The van der Waals surface area contributed by atoms with Gasteiger partial charge < -0.3 is 15.8 Å². The molecule has 0 fully saturated rings. The number of pyridine rings is 2. The monoisotopic (exact) mass is 374 g/mol. The van der Waals surface area contributed by atoms with E-state index in [0.29, 0.717) is 31.2 Å². The highest BCUT2D eigenvalue weighted by atomic mass is 16.5. The first-order valence-electron chi connectivity index (χ1n) is 9.09. The minimum absolute atomic E-state index is 0.609. The number of nitrogens with two attached hydrogens (primary N) is 1. The van der Waals surface area contributed by atoms with Gasteiger partial charge in [0.25, 0.3) is 0 Å². The van der Waals surface area contributed by atoms with Crippen LogP contribution in [0, 0.1) is 0 Å². The fraction of sp³-hybridized carbons (Fsp3) is 0.190. The second-order valence-electron chi connectivity index (χ2n) is 6.50. The van der Waals surface area contributed by atoms with Gasteiger partial charge in [-0.1, -0.05) is 12.1 Å². The summed E-state index contributed by atoms with van der Waals surface area (Å²) in [5, 5.41) is 8.80. The van der Waals surface area contributed by atoms with Crippen LogP contribution in [0.25, 0.3) is 22.2 Å². The van der Waals surface area contributed by atoms with E-state index in [4.69, 9.17) is 10.5 Å². The summed E-state index contributed by atoms with van der Waals surface area (Å²) in [6, 6.07) is 14.0. The summed E-state index contributed by atoms with van der Waals surface area (Å²) < 4.78 is 6.93. The highest BCUT2D eigenvalue weighted by Gasteiger charge is 2.08. The summed E-state index contributed by atoms with van der Waals surface area (Å²) in [4.78, 5) is 9.03. The molecule has 7 nitrogen and oxygen atoms in total. The molecule has 0 bridgehead atoms. The molecule has 0 unspecified atom stereocenters. The van der Waals surface area contributed by atoms with E-state index in [1.165, 1.54) is 0 Å². The summed E-state index contributed by atoms with van der Waals surface area (Å²) in [6.45, 7) is 1.94. The Bertz CT molecular complexity index is 1090. The number of rotatable bonds is 7. The molecule has 3 N–H and O–H groups in total. The number of fused-ring (bicyclic) bond motifs is 1. The number of methoxy groups -OCH3 is 1. The van der Waals surface area contributed by atoms with Gasteiger partial charge in [0.1, 0.15) is 5.82 Å². The van der Waals surface area contributed by atoms with Gasteiger partial charge in [-0.25, -0.2) is 4.98 Å². The molecule has 0 saturated carbocycles. The molecule has 1 aromatic carbocycles. The third-order valence-corrected chi connectivity index (χ3v) is 4.51. The Morgan fingerprint density at radius 1 is 1.18 bits per heavy atom. The molecule has 4 rings (SSSR count). The van der Waals surface area contributed by atoms with Gasteiger partial charge in [-0.2, -0.15) is 5.10 Å². The van der Waals surface area contributed by atoms with Crippen LogP contribution >= 0.6 is 0 Å². The predicted molar refractivity (Wildman–Crippen MR) is 111 cm³/mol. The van der Waals surface area contributed by atoms with Gasteiger partial charge >= 0.3 is 0 Å². The van der Waals surface area contributed by atoms with Crippen molar-refractivity contribution < 1.29 is 4.74 Å². The lowest BCUT2D eigenvalue weighted by Crippen LogP contribution is -2.05. The predicted octanol–water partition coefficient (Wildman–Crippen LogP) is 3.33. The fourth-order valence-corrected chi connectivity index (χ4v) is 3.00. The lowest BCUT2D eigenvalue weighted by Gasteiger charge is -2.10. The molecule has 0 aliphatic heterocycles. The average molecular weight is 374 g/mol. The highest BCUT2D eigenvalue weighted by molar-refractivity contribution is 5.79. The van der Waals surface area contributed by atoms with E-state index >= 15 is 0 Å². The second-order valence-corrected chi connectivity index (χ2v) is 6.50.